The second kappa shape index (κ2) is 5.14. The van der Waals surface area contributed by atoms with Gasteiger partial charge in [0.15, 0.2) is 0 Å². The smallest absolute Gasteiger partial charge is 0.330 e. The van der Waals surface area contributed by atoms with Crippen LogP contribution in [-0.4, -0.2) is 5.97 Å². The van der Waals surface area contributed by atoms with Gasteiger partial charge in [-0.3, -0.25) is 0 Å². The molecule has 2 nitrogen and oxygen atoms in total. The highest BCUT2D eigenvalue weighted by atomic mass is 16.6. The van der Waals surface area contributed by atoms with Gasteiger partial charge in [0.1, 0.15) is 6.61 Å². The molecule has 0 aliphatic carbocycles. The Balaban J connectivity index is 2.45. The van der Waals surface area contributed by atoms with Crippen molar-refractivity contribution < 1.29 is 13.6 Å². The molecule has 68 valence electrons. The number of allylic oxidation sites excluding steroid dienone is 1. The minimum Gasteiger partial charge on any atom is -0.458 e. The van der Waals surface area contributed by atoms with Gasteiger partial charge >= 0.3 is 5.97 Å². The summed E-state index contributed by atoms with van der Waals surface area (Å²) in [5, 5.41) is 0. The van der Waals surface area contributed by atoms with Gasteiger partial charge in [-0.25, -0.2) is 4.79 Å². The lowest BCUT2D eigenvalue weighted by Gasteiger charge is -2.00. The van der Waals surface area contributed by atoms with Crippen LogP contribution in [0, 0.1) is 0 Å². The Morgan fingerprint density at radius 3 is 3.08 bits per heavy atom. The molecule has 0 fully saturated rings. The number of carbonyl (C=O) groups excluding carboxylic acids is 1. The molecular weight excluding hydrogens is 168 g/mol. The van der Waals surface area contributed by atoms with Gasteiger partial charge in [-0.15, -0.1) is 0 Å². The standard InChI is InChI=1S/C11H12O2/c1-2-6-11(12)13-9-10-7-4-3-5-8-10/h2-8H,9H2,1H3/b6-2+/i1+1D2,2+1D,6+1,11+1. The number of esters is 1. The zero-order valence-corrected chi connectivity index (χ0v) is 7.07. The predicted molar refractivity (Wildman–Crippen MR) is 51.1 cm³/mol. The molecule has 0 atom stereocenters. The van der Waals surface area contributed by atoms with Crippen molar-refractivity contribution in [2.45, 2.75) is 13.5 Å². The zero-order valence-electron chi connectivity index (χ0n) is 10.1. The number of carbonyl (C=O) groups is 1. The summed E-state index contributed by atoms with van der Waals surface area (Å²) in [7, 11) is 0. The quantitative estimate of drug-likeness (QED) is 0.408. The number of hydrogen-bond donors (Lipinski definition) is 0. The van der Waals surface area contributed by atoms with Crippen molar-refractivity contribution in [2.24, 2.45) is 0 Å². The van der Waals surface area contributed by atoms with E-state index in [1.165, 1.54) is 0 Å². The van der Waals surface area contributed by atoms with E-state index in [-0.39, 0.29) is 12.7 Å². The number of benzene rings is 1. The molecule has 13 heavy (non-hydrogen) atoms. The fourth-order valence-electron chi connectivity index (χ4n) is 0.838. The third kappa shape index (κ3) is 3.56. The Kier molecular flexibility index (Phi) is 2.36. The molecule has 2 heteroatoms. The summed E-state index contributed by atoms with van der Waals surface area (Å²) in [6, 6.07) is 8.78. The first kappa shape index (κ1) is 5.97. The molecular formula is C11H12O2. The molecule has 1 rings (SSSR count). The molecule has 0 amide bonds. The minimum atomic E-state index is -1.45. The molecule has 0 saturated heterocycles. The molecule has 1 aromatic carbocycles. The van der Waals surface area contributed by atoms with Crippen LogP contribution < -0.4 is 0 Å². The van der Waals surface area contributed by atoms with E-state index < -0.39 is 12.8 Å². The molecule has 1 aromatic rings. The van der Waals surface area contributed by atoms with Gasteiger partial charge in [0, 0.05) is 8.82 Å². The second-order valence-electron chi connectivity index (χ2n) is 2.40. The molecule has 0 heterocycles. The average Bonchev–Trinajstić information content (AvgIpc) is 2.27. The Labute approximate surface area is 82.1 Å². The van der Waals surface area contributed by atoms with E-state index in [4.69, 9.17) is 8.85 Å². The van der Waals surface area contributed by atoms with Gasteiger partial charge < -0.3 is 4.74 Å². The average molecular weight is 183 g/mol. The first-order chi connectivity index (χ1) is 7.59. The minimum absolute atomic E-state index is 0.129. The maximum atomic E-state index is 11.1. The number of ether oxygens (including phenoxy) is 1. The van der Waals surface area contributed by atoms with Crippen molar-refractivity contribution in [3.63, 3.8) is 0 Å². The van der Waals surface area contributed by atoms with Gasteiger partial charge in [0.25, 0.3) is 0 Å². The molecule has 0 bridgehead atoms. The van der Waals surface area contributed by atoms with E-state index in [9.17, 15) is 4.79 Å². The Hall–Kier alpha value is -1.57. The van der Waals surface area contributed by atoms with Crippen molar-refractivity contribution in [1.29, 1.82) is 0 Å². The summed E-state index contributed by atoms with van der Waals surface area (Å²) >= 11 is 0. The van der Waals surface area contributed by atoms with E-state index in [0.717, 1.165) is 11.6 Å². The van der Waals surface area contributed by atoms with E-state index in [1.807, 2.05) is 30.3 Å². The molecule has 0 saturated carbocycles. The van der Waals surface area contributed by atoms with Crippen LogP contribution in [0.1, 0.15) is 16.6 Å². The van der Waals surface area contributed by atoms with Crippen LogP contribution in [0.5, 0.6) is 0 Å². The number of hydrogen-bond acceptors (Lipinski definition) is 2. The van der Waals surface area contributed by atoms with Gasteiger partial charge in [-0.2, -0.15) is 0 Å². The van der Waals surface area contributed by atoms with E-state index in [0.29, 0.717) is 0 Å². The summed E-state index contributed by atoms with van der Waals surface area (Å²) in [4.78, 5) is 11.1. The predicted octanol–water partition coefficient (Wildman–Crippen LogP) is 2.31. The van der Waals surface area contributed by atoms with E-state index in [2.05, 4.69) is 0 Å². The van der Waals surface area contributed by atoms with E-state index >= 15 is 0 Å². The third-order valence-electron chi connectivity index (χ3n) is 1.43. The maximum Gasteiger partial charge on any atom is 0.330 e. The zero-order chi connectivity index (χ0) is 12.0. The van der Waals surface area contributed by atoms with Crippen LogP contribution in [0.2, 0.25) is 0 Å². The summed E-state index contributed by atoms with van der Waals surface area (Å²) in [5.41, 5.74) is 0.851. The van der Waals surface area contributed by atoms with Crippen molar-refractivity contribution in [3.8, 4) is 0 Å². The number of rotatable bonds is 3. The normalized spacial score (nSPS) is 14.5. The Morgan fingerprint density at radius 2 is 2.38 bits per heavy atom. The van der Waals surface area contributed by atoms with Crippen molar-refractivity contribution >= 4 is 5.97 Å². The summed E-state index contributed by atoms with van der Waals surface area (Å²) in [6.07, 6.45) is 0.855. The second-order valence-corrected chi connectivity index (χ2v) is 2.40. The molecule has 0 aliphatic rings. The first-order valence-electron chi connectivity index (χ1n) is 5.48. The van der Waals surface area contributed by atoms with Crippen molar-refractivity contribution in [1.82, 2.24) is 0 Å². The highest BCUT2D eigenvalue weighted by molar-refractivity contribution is 5.81. The maximum absolute atomic E-state index is 11.1. The van der Waals surface area contributed by atoms with Crippen molar-refractivity contribution in [3.05, 3.63) is 48.0 Å². The molecule has 0 unspecified atom stereocenters. The van der Waals surface area contributed by atoms with Crippen LogP contribution in [-0.2, 0) is 16.1 Å². The highest BCUT2D eigenvalue weighted by Crippen LogP contribution is 2.00. The van der Waals surface area contributed by atoms with Gasteiger partial charge in [0.2, 0.25) is 0 Å². The lowest BCUT2D eigenvalue weighted by atomic mass is 10.2. The topological polar surface area (TPSA) is 26.3 Å². The third-order valence-corrected chi connectivity index (χ3v) is 1.43. The summed E-state index contributed by atoms with van der Waals surface area (Å²) < 4.78 is 25.7. The molecule has 0 spiro atoms. The van der Waals surface area contributed by atoms with Crippen LogP contribution in [0.25, 0.3) is 0 Å². The van der Waals surface area contributed by atoms with Gasteiger partial charge in [0.05, 0.1) is 1.37 Å². The molecule has 0 aromatic heterocycles. The van der Waals surface area contributed by atoms with E-state index in [1.54, 1.807) is 0 Å². The molecule has 0 N–H and O–H groups in total. The van der Waals surface area contributed by atoms with Crippen molar-refractivity contribution in [2.75, 3.05) is 0 Å². The summed E-state index contributed by atoms with van der Waals surface area (Å²) in [6.45, 7) is -1.33. The lowest BCUT2D eigenvalue weighted by molar-refractivity contribution is -0.139. The van der Waals surface area contributed by atoms with Crippen LogP contribution in [0.15, 0.2) is 42.5 Å². The van der Waals surface area contributed by atoms with Gasteiger partial charge in [-0.1, -0.05) is 36.4 Å². The SMILES string of the molecule is [2H]/[13C](=[13CH]\[13C](=O)OCc1ccccc1)[13CH]([2H])[2H]. The van der Waals surface area contributed by atoms with Gasteiger partial charge in [-0.05, 0) is 12.4 Å². The monoisotopic (exact) mass is 183 g/mol. The highest BCUT2D eigenvalue weighted by Gasteiger charge is 1.96. The fraction of sp³-hybridized carbons (Fsp3) is 0.182. The van der Waals surface area contributed by atoms with Crippen LogP contribution >= 0.6 is 0 Å². The Morgan fingerprint density at radius 1 is 1.62 bits per heavy atom. The first-order valence-corrected chi connectivity index (χ1v) is 3.83. The van der Waals surface area contributed by atoms with Crippen LogP contribution in [0.4, 0.5) is 0 Å². The Bertz CT molecular complexity index is 374. The summed E-state index contributed by atoms with van der Waals surface area (Å²) in [5.74, 6) is -0.696. The molecule has 0 aliphatic heterocycles. The lowest BCUT2D eigenvalue weighted by Crippen LogP contribution is -2.00. The molecule has 0 radical (unpaired) electrons. The van der Waals surface area contributed by atoms with Crippen LogP contribution in [0.3, 0.4) is 0 Å². The largest absolute Gasteiger partial charge is 0.458 e. The fourth-order valence-corrected chi connectivity index (χ4v) is 0.838.